The van der Waals surface area contributed by atoms with E-state index in [9.17, 15) is 30.0 Å². The zero-order valence-corrected chi connectivity index (χ0v) is 14.3. The minimum absolute atomic E-state index is 0.178. The standard InChI is InChI=1S/C10H17N4O3.F6P/c1-6-16-9(15)8(7-11)12-17-10(13(2)3)14(4)5;1-7(2,3,4,5)6/h6H2,1-5H3;/q+1;-1/b12-8-;. The third-order valence-corrected chi connectivity index (χ3v) is 1.56. The number of carbonyl (C=O) groups is 1. The Hall–Kier alpha value is -2.09. The van der Waals surface area contributed by atoms with Gasteiger partial charge in [-0.25, -0.2) is 14.3 Å². The quantitative estimate of drug-likeness (QED) is 0.142. The molecule has 0 rings (SSSR count). The SMILES string of the molecule is CCOC(=O)/C(C#N)=N\OC(N(C)C)=[N+](C)C.F[P-](F)(F)(F)(F)F. The Kier molecular flexibility index (Phi) is 7.71. The molecule has 0 aliphatic rings. The van der Waals surface area contributed by atoms with E-state index in [4.69, 9.17) is 10.1 Å². The predicted octanol–water partition coefficient (Wildman–Crippen LogP) is 3.02. The fourth-order valence-electron chi connectivity index (χ4n) is 0.953. The summed E-state index contributed by atoms with van der Waals surface area (Å²) in [5, 5.41) is 12.2. The van der Waals surface area contributed by atoms with Crippen molar-refractivity contribution < 1.29 is 44.1 Å². The number of nitriles is 1. The van der Waals surface area contributed by atoms with Crippen LogP contribution in [0.25, 0.3) is 0 Å². The molecule has 0 aliphatic carbocycles. The van der Waals surface area contributed by atoms with Gasteiger partial charge in [0.1, 0.15) is 6.07 Å². The van der Waals surface area contributed by atoms with E-state index in [1.54, 1.807) is 50.7 Å². The van der Waals surface area contributed by atoms with Crippen molar-refractivity contribution in [1.82, 2.24) is 4.90 Å². The molecule has 0 atom stereocenters. The van der Waals surface area contributed by atoms with Crippen molar-refractivity contribution in [2.45, 2.75) is 6.92 Å². The van der Waals surface area contributed by atoms with Gasteiger partial charge in [0.05, 0.1) is 34.8 Å². The van der Waals surface area contributed by atoms with Gasteiger partial charge in [0.25, 0.3) is 5.71 Å². The van der Waals surface area contributed by atoms with Crippen LogP contribution in [-0.4, -0.2) is 62.0 Å². The third-order valence-electron chi connectivity index (χ3n) is 1.56. The van der Waals surface area contributed by atoms with Crippen molar-refractivity contribution in [3.05, 3.63) is 0 Å². The van der Waals surface area contributed by atoms with Gasteiger partial charge in [-0.15, -0.1) is 0 Å². The Morgan fingerprint density at radius 2 is 1.62 bits per heavy atom. The van der Waals surface area contributed by atoms with Crippen LogP contribution in [0.1, 0.15) is 6.92 Å². The Labute approximate surface area is 134 Å². The number of oxime groups is 1. The first kappa shape index (κ1) is 24.2. The molecule has 0 fully saturated rings. The van der Waals surface area contributed by atoms with E-state index < -0.39 is 19.5 Å². The van der Waals surface area contributed by atoms with Gasteiger partial charge in [-0.05, 0) is 6.92 Å². The van der Waals surface area contributed by atoms with Crippen molar-refractivity contribution >= 4 is 25.5 Å². The normalized spacial score (nSPS) is 14.0. The van der Waals surface area contributed by atoms with E-state index in [0.29, 0.717) is 6.02 Å². The Morgan fingerprint density at radius 3 is 1.88 bits per heavy atom. The van der Waals surface area contributed by atoms with Gasteiger partial charge in [0.2, 0.25) is 0 Å². The zero-order chi connectivity index (χ0) is 19.8. The van der Waals surface area contributed by atoms with Gasteiger partial charge >= 0.3 is 45.0 Å². The Morgan fingerprint density at radius 1 is 1.21 bits per heavy atom. The molecule has 0 aromatic carbocycles. The number of carbonyl (C=O) groups excluding carboxylic acids is 1. The first-order valence-electron chi connectivity index (χ1n) is 5.99. The van der Waals surface area contributed by atoms with Gasteiger partial charge in [-0.2, -0.15) is 5.26 Å². The van der Waals surface area contributed by atoms with Crippen LogP contribution in [0.5, 0.6) is 0 Å². The molecular formula is C10H17F6N4O3P. The van der Waals surface area contributed by atoms with Crippen molar-refractivity contribution in [1.29, 1.82) is 5.26 Å². The molecule has 0 aromatic heterocycles. The fraction of sp³-hybridized carbons (Fsp3) is 0.600. The van der Waals surface area contributed by atoms with Crippen LogP contribution in [-0.2, 0) is 14.4 Å². The van der Waals surface area contributed by atoms with Gasteiger partial charge in [-0.1, -0.05) is 5.16 Å². The molecule has 0 saturated carbocycles. The van der Waals surface area contributed by atoms with Crippen molar-refractivity contribution in [2.75, 3.05) is 34.8 Å². The molecule has 14 heteroatoms. The van der Waals surface area contributed by atoms with Gasteiger partial charge < -0.3 is 4.74 Å². The number of ether oxygens (including phenoxy) is 1. The summed E-state index contributed by atoms with van der Waals surface area (Å²) in [7, 11) is -3.65. The summed E-state index contributed by atoms with van der Waals surface area (Å²) >= 11 is 0. The second kappa shape index (κ2) is 7.65. The van der Waals surface area contributed by atoms with E-state index in [0.717, 1.165) is 0 Å². The summed E-state index contributed by atoms with van der Waals surface area (Å²) in [6.45, 7) is 1.82. The van der Waals surface area contributed by atoms with Crippen LogP contribution >= 0.6 is 7.81 Å². The molecule has 0 saturated heterocycles. The predicted molar refractivity (Wildman–Crippen MR) is 75.1 cm³/mol. The van der Waals surface area contributed by atoms with Crippen LogP contribution in [0.15, 0.2) is 5.16 Å². The monoisotopic (exact) mass is 386 g/mol. The molecule has 0 unspecified atom stereocenters. The van der Waals surface area contributed by atoms with Gasteiger partial charge in [-0.3, -0.25) is 4.84 Å². The third kappa shape index (κ3) is 18.0. The van der Waals surface area contributed by atoms with Crippen LogP contribution < -0.4 is 0 Å². The van der Waals surface area contributed by atoms with E-state index in [1.165, 1.54) is 0 Å². The molecule has 0 bridgehead atoms. The number of rotatable bonds is 3. The molecular weight excluding hydrogens is 369 g/mol. The summed E-state index contributed by atoms with van der Waals surface area (Å²) < 4.78 is 65.5. The van der Waals surface area contributed by atoms with Crippen LogP contribution in [0.2, 0.25) is 0 Å². The zero-order valence-electron chi connectivity index (χ0n) is 13.4. The van der Waals surface area contributed by atoms with Gasteiger partial charge in [0.15, 0.2) is 0 Å². The van der Waals surface area contributed by atoms with E-state index >= 15 is 0 Å². The molecule has 142 valence electrons. The maximum atomic E-state index is 11.2. The molecule has 0 heterocycles. The number of hydrogen-bond acceptors (Lipinski definition) is 5. The summed E-state index contributed by atoms with van der Waals surface area (Å²) in [6, 6.07) is 2.01. The minimum atomic E-state index is -10.7. The number of halogens is 6. The molecule has 0 aliphatic heterocycles. The number of hydrogen-bond donors (Lipinski definition) is 0. The number of nitrogens with zero attached hydrogens (tertiary/aromatic N) is 4. The molecule has 0 radical (unpaired) electrons. The molecule has 0 spiro atoms. The summed E-state index contributed by atoms with van der Waals surface area (Å²) in [5.74, 6) is -0.799. The number of amidine groups is 1. The second-order valence-corrected chi connectivity index (χ2v) is 6.31. The van der Waals surface area contributed by atoms with Crippen LogP contribution in [0.3, 0.4) is 0 Å². The van der Waals surface area contributed by atoms with Crippen molar-refractivity contribution in [3.8, 4) is 6.07 Å². The molecule has 24 heavy (non-hydrogen) atoms. The molecule has 7 nitrogen and oxygen atoms in total. The summed E-state index contributed by atoms with van der Waals surface area (Å²) in [5.41, 5.74) is -0.423. The summed E-state index contributed by atoms with van der Waals surface area (Å²) in [6.07, 6.45) is 0. The summed E-state index contributed by atoms with van der Waals surface area (Å²) in [4.78, 5) is 17.9. The Balaban J connectivity index is 0. The second-order valence-electron chi connectivity index (χ2n) is 4.39. The van der Waals surface area contributed by atoms with Crippen molar-refractivity contribution in [2.24, 2.45) is 5.16 Å². The molecule has 0 N–H and O–H groups in total. The fourth-order valence-corrected chi connectivity index (χ4v) is 0.953. The first-order valence-corrected chi connectivity index (χ1v) is 8.02. The van der Waals surface area contributed by atoms with Crippen LogP contribution in [0.4, 0.5) is 25.2 Å². The van der Waals surface area contributed by atoms with Gasteiger partial charge in [0, 0.05) is 0 Å². The average Bonchev–Trinajstić information content (AvgIpc) is 2.29. The maximum absolute atomic E-state index is 11.2. The molecule has 0 aromatic rings. The van der Waals surface area contributed by atoms with E-state index in [-0.39, 0.29) is 6.61 Å². The topological polar surface area (TPSA) is 77.9 Å². The number of esters is 1. The first-order chi connectivity index (χ1) is 10.4. The average molecular weight is 386 g/mol. The molecule has 0 amide bonds. The van der Waals surface area contributed by atoms with Crippen molar-refractivity contribution in [3.63, 3.8) is 0 Å². The Bertz CT molecular complexity index is 549. The van der Waals surface area contributed by atoms with Crippen LogP contribution in [0, 0.1) is 11.3 Å². The van der Waals surface area contributed by atoms with E-state index in [2.05, 4.69) is 9.89 Å². The van der Waals surface area contributed by atoms with E-state index in [1.807, 2.05) is 0 Å².